The lowest BCUT2D eigenvalue weighted by Gasteiger charge is -2.30. The van der Waals surface area contributed by atoms with E-state index in [1.54, 1.807) is 0 Å². The van der Waals surface area contributed by atoms with Gasteiger partial charge in [-0.1, -0.05) is 60.7 Å². The standard InChI is InChI=1S/C35H34O6/c1-3-7-31-27(5-1)29-11-9-25-23-33(29)35(31)32-8-4-2-6-28(32)30-12-10-26(24-34(30)35)41-22-20-39-18-16-37-14-13-36-15-17-38-19-21-40-25/h1-12,23-24H,13-22H2. The molecule has 4 aromatic carbocycles. The van der Waals surface area contributed by atoms with Crippen molar-refractivity contribution in [2.24, 2.45) is 0 Å². The van der Waals surface area contributed by atoms with Crippen LogP contribution < -0.4 is 9.47 Å². The summed E-state index contributed by atoms with van der Waals surface area (Å²) in [5.74, 6) is 1.67. The molecule has 4 bridgehead atoms. The molecule has 3 aliphatic rings. The molecule has 1 heterocycles. The summed E-state index contributed by atoms with van der Waals surface area (Å²) >= 11 is 0. The van der Waals surface area contributed by atoms with Crippen molar-refractivity contribution in [1.82, 2.24) is 0 Å². The summed E-state index contributed by atoms with van der Waals surface area (Å²) in [4.78, 5) is 0. The fourth-order valence-electron chi connectivity index (χ4n) is 6.48. The molecule has 0 saturated heterocycles. The maximum atomic E-state index is 6.23. The molecular formula is C35H34O6. The van der Waals surface area contributed by atoms with Gasteiger partial charge in [-0.15, -0.1) is 0 Å². The first-order valence-electron chi connectivity index (χ1n) is 14.4. The topological polar surface area (TPSA) is 55.4 Å². The van der Waals surface area contributed by atoms with Crippen molar-refractivity contribution < 1.29 is 28.4 Å². The highest BCUT2D eigenvalue weighted by molar-refractivity contribution is 5.95. The van der Waals surface area contributed by atoms with Crippen LogP contribution in [-0.2, 0) is 24.4 Å². The molecule has 210 valence electrons. The van der Waals surface area contributed by atoms with E-state index in [1.807, 2.05) is 0 Å². The molecule has 1 aliphatic heterocycles. The summed E-state index contributed by atoms with van der Waals surface area (Å²) in [5.41, 5.74) is 9.54. The number of benzene rings is 4. The Morgan fingerprint density at radius 1 is 0.366 bits per heavy atom. The van der Waals surface area contributed by atoms with Gasteiger partial charge in [0.15, 0.2) is 0 Å². The molecule has 7 rings (SSSR count). The lowest BCUT2D eigenvalue weighted by atomic mass is 9.70. The van der Waals surface area contributed by atoms with Crippen molar-refractivity contribution >= 4 is 0 Å². The Bertz CT molecular complexity index is 1410. The van der Waals surface area contributed by atoms with Crippen molar-refractivity contribution in [1.29, 1.82) is 0 Å². The van der Waals surface area contributed by atoms with E-state index in [-0.39, 0.29) is 0 Å². The van der Waals surface area contributed by atoms with Crippen molar-refractivity contribution in [3.05, 3.63) is 107 Å². The van der Waals surface area contributed by atoms with Gasteiger partial charge in [-0.05, 0) is 68.8 Å². The van der Waals surface area contributed by atoms with Crippen molar-refractivity contribution in [3.8, 4) is 33.8 Å². The summed E-state index contributed by atoms with van der Waals surface area (Å²) in [5, 5.41) is 0. The van der Waals surface area contributed by atoms with Gasteiger partial charge in [0.05, 0.1) is 58.3 Å². The molecule has 41 heavy (non-hydrogen) atoms. The van der Waals surface area contributed by atoms with Gasteiger partial charge in [-0.3, -0.25) is 0 Å². The lowest BCUT2D eigenvalue weighted by molar-refractivity contribution is -0.00698. The molecule has 0 radical (unpaired) electrons. The molecule has 0 saturated carbocycles. The van der Waals surface area contributed by atoms with Crippen LogP contribution >= 0.6 is 0 Å². The van der Waals surface area contributed by atoms with Crippen LogP contribution in [0.4, 0.5) is 0 Å². The zero-order valence-corrected chi connectivity index (χ0v) is 23.1. The predicted molar refractivity (Wildman–Crippen MR) is 157 cm³/mol. The molecule has 4 aromatic rings. The van der Waals surface area contributed by atoms with E-state index in [9.17, 15) is 0 Å². The second kappa shape index (κ2) is 11.7. The first-order valence-corrected chi connectivity index (χ1v) is 14.4. The molecule has 2 aliphatic carbocycles. The molecule has 0 amide bonds. The van der Waals surface area contributed by atoms with Crippen LogP contribution in [0.2, 0.25) is 0 Å². The number of rotatable bonds is 0. The average molecular weight is 551 g/mol. The highest BCUT2D eigenvalue weighted by Crippen LogP contribution is 2.63. The van der Waals surface area contributed by atoms with Gasteiger partial charge in [0.1, 0.15) is 24.7 Å². The van der Waals surface area contributed by atoms with Crippen LogP contribution in [0.25, 0.3) is 22.3 Å². The normalized spacial score (nSPS) is 18.4. The SMILES string of the molecule is c1ccc2c(c1)-c1ccc3cc1C21c2ccccc2-c2ccc(cc21)OCCOCCOCCOCCOCCO3. The Balaban J connectivity index is 1.31. The molecule has 1 spiro atoms. The third-order valence-electron chi connectivity index (χ3n) is 8.14. The Morgan fingerprint density at radius 2 is 0.732 bits per heavy atom. The fraction of sp³-hybridized carbons (Fsp3) is 0.314. The van der Waals surface area contributed by atoms with E-state index < -0.39 is 5.41 Å². The summed E-state index contributed by atoms with van der Waals surface area (Å²) in [6, 6.07) is 30.5. The van der Waals surface area contributed by atoms with E-state index in [0.717, 1.165) is 11.5 Å². The maximum absolute atomic E-state index is 6.23. The van der Waals surface area contributed by atoms with E-state index >= 15 is 0 Å². The first kappa shape index (κ1) is 26.2. The van der Waals surface area contributed by atoms with Crippen LogP contribution in [0.3, 0.4) is 0 Å². The van der Waals surface area contributed by atoms with Gasteiger partial charge in [0.2, 0.25) is 0 Å². The van der Waals surface area contributed by atoms with Gasteiger partial charge in [0.25, 0.3) is 0 Å². The highest BCUT2D eigenvalue weighted by atomic mass is 16.6. The minimum Gasteiger partial charge on any atom is -0.491 e. The number of fused-ring (bicyclic) bond motifs is 6. The Labute approximate surface area is 240 Å². The minimum absolute atomic E-state index is 0.465. The summed E-state index contributed by atoms with van der Waals surface area (Å²) in [7, 11) is 0. The van der Waals surface area contributed by atoms with Crippen LogP contribution in [0.15, 0.2) is 84.9 Å². The van der Waals surface area contributed by atoms with Crippen LogP contribution in [0.1, 0.15) is 22.3 Å². The second-order valence-electron chi connectivity index (χ2n) is 10.4. The summed E-state index contributed by atoms with van der Waals surface area (Å²) in [6.45, 7) is 5.06. The molecule has 6 nitrogen and oxygen atoms in total. The van der Waals surface area contributed by atoms with Crippen LogP contribution in [0, 0.1) is 0 Å². The molecular weight excluding hydrogens is 516 g/mol. The van der Waals surface area contributed by atoms with E-state index in [4.69, 9.17) is 28.4 Å². The largest absolute Gasteiger partial charge is 0.491 e. The molecule has 0 aromatic heterocycles. The van der Waals surface area contributed by atoms with E-state index in [1.165, 1.54) is 44.5 Å². The van der Waals surface area contributed by atoms with Gasteiger partial charge in [-0.25, -0.2) is 0 Å². The molecule has 0 unspecified atom stereocenters. The van der Waals surface area contributed by atoms with Gasteiger partial charge in [0, 0.05) is 0 Å². The van der Waals surface area contributed by atoms with Gasteiger partial charge >= 0.3 is 0 Å². The zero-order chi connectivity index (χ0) is 27.5. The second-order valence-corrected chi connectivity index (χ2v) is 10.4. The highest BCUT2D eigenvalue weighted by Gasteiger charge is 2.51. The number of hydrogen-bond acceptors (Lipinski definition) is 6. The number of hydrogen-bond donors (Lipinski definition) is 0. The van der Waals surface area contributed by atoms with Gasteiger partial charge < -0.3 is 28.4 Å². The monoisotopic (exact) mass is 550 g/mol. The molecule has 0 atom stereocenters. The van der Waals surface area contributed by atoms with Crippen LogP contribution in [-0.4, -0.2) is 66.1 Å². The molecule has 0 N–H and O–H groups in total. The molecule has 0 fully saturated rings. The van der Waals surface area contributed by atoms with E-state index in [2.05, 4.69) is 84.9 Å². The summed E-state index contributed by atoms with van der Waals surface area (Å²) in [6.07, 6.45) is 0. The third-order valence-corrected chi connectivity index (χ3v) is 8.14. The van der Waals surface area contributed by atoms with Gasteiger partial charge in [-0.2, -0.15) is 0 Å². The Morgan fingerprint density at radius 3 is 1.17 bits per heavy atom. The van der Waals surface area contributed by atoms with Crippen molar-refractivity contribution in [3.63, 3.8) is 0 Å². The number of ether oxygens (including phenoxy) is 6. The Hall–Kier alpha value is -3.68. The third kappa shape index (κ3) is 4.71. The van der Waals surface area contributed by atoms with Crippen molar-refractivity contribution in [2.45, 2.75) is 5.41 Å². The smallest absolute Gasteiger partial charge is 0.119 e. The van der Waals surface area contributed by atoms with E-state index in [0.29, 0.717) is 66.1 Å². The van der Waals surface area contributed by atoms with Crippen LogP contribution in [0.5, 0.6) is 11.5 Å². The predicted octanol–water partition coefficient (Wildman–Crippen LogP) is 5.87. The molecule has 6 heteroatoms. The average Bonchev–Trinajstić information content (AvgIpc) is 3.47. The lowest BCUT2D eigenvalue weighted by Crippen LogP contribution is -2.26. The first-order chi connectivity index (χ1) is 20.4. The summed E-state index contributed by atoms with van der Waals surface area (Å²) < 4.78 is 35.1. The quantitative estimate of drug-likeness (QED) is 0.236. The minimum atomic E-state index is -0.465. The zero-order valence-electron chi connectivity index (χ0n) is 23.1. The fourth-order valence-corrected chi connectivity index (χ4v) is 6.48. The van der Waals surface area contributed by atoms with Crippen molar-refractivity contribution in [2.75, 3.05) is 66.1 Å². The Kier molecular flexibility index (Phi) is 7.46. The maximum Gasteiger partial charge on any atom is 0.119 e.